The van der Waals surface area contributed by atoms with E-state index in [2.05, 4.69) is 10.4 Å². The van der Waals surface area contributed by atoms with Crippen molar-refractivity contribution in [2.24, 2.45) is 5.92 Å². The number of aromatic nitrogens is 2. The number of aliphatic hydroxyl groups is 1. The van der Waals surface area contributed by atoms with Crippen molar-refractivity contribution in [2.75, 3.05) is 13.2 Å². The highest BCUT2D eigenvalue weighted by Crippen LogP contribution is 1.94. The Labute approximate surface area is 106 Å². The topological polar surface area (TPSA) is 84.2 Å². The second kappa shape index (κ2) is 6.90. The fourth-order valence-electron chi connectivity index (χ4n) is 1.36. The van der Waals surface area contributed by atoms with E-state index in [1.165, 1.54) is 16.8 Å². The van der Waals surface area contributed by atoms with E-state index in [0.29, 0.717) is 13.1 Å². The van der Waals surface area contributed by atoms with Crippen LogP contribution in [0.15, 0.2) is 16.9 Å². The number of amides is 1. The van der Waals surface area contributed by atoms with Crippen LogP contribution in [0.25, 0.3) is 0 Å². The van der Waals surface area contributed by atoms with Crippen LogP contribution in [-0.2, 0) is 6.54 Å². The lowest BCUT2D eigenvalue weighted by molar-refractivity contribution is 0.0934. The zero-order valence-electron chi connectivity index (χ0n) is 10.7. The van der Waals surface area contributed by atoms with Gasteiger partial charge in [-0.05, 0) is 18.4 Å². The first kappa shape index (κ1) is 14.4. The highest BCUT2D eigenvalue weighted by Gasteiger charge is 2.10. The summed E-state index contributed by atoms with van der Waals surface area (Å²) in [6.45, 7) is 4.65. The van der Waals surface area contributed by atoms with Crippen molar-refractivity contribution >= 4 is 5.91 Å². The number of aliphatic hydroxyl groups excluding tert-OH is 1. The summed E-state index contributed by atoms with van der Waals surface area (Å²) in [6.07, 6.45) is 0.777. The molecule has 2 N–H and O–H groups in total. The lowest BCUT2D eigenvalue weighted by Crippen LogP contribution is -2.32. The van der Waals surface area contributed by atoms with E-state index < -0.39 is 0 Å². The van der Waals surface area contributed by atoms with Gasteiger partial charge in [0.1, 0.15) is 5.69 Å². The highest BCUT2D eigenvalue weighted by atomic mass is 16.3. The largest absolute Gasteiger partial charge is 0.396 e. The maximum Gasteiger partial charge on any atom is 0.271 e. The van der Waals surface area contributed by atoms with Crippen LogP contribution in [0.1, 0.15) is 30.8 Å². The zero-order chi connectivity index (χ0) is 13.5. The van der Waals surface area contributed by atoms with Gasteiger partial charge in [0.05, 0.1) is 0 Å². The van der Waals surface area contributed by atoms with E-state index in [9.17, 15) is 9.59 Å². The van der Waals surface area contributed by atoms with Crippen molar-refractivity contribution < 1.29 is 9.90 Å². The predicted octanol–water partition coefficient (Wildman–Crippen LogP) is 0.0115. The van der Waals surface area contributed by atoms with Crippen LogP contribution in [0.5, 0.6) is 0 Å². The molecule has 100 valence electrons. The minimum atomic E-state index is -0.333. The standard InChI is InChI=1S/C12H19N3O3/c1-3-6-15-11(17)5-4-10(14-15)12(18)13-7-9(2)8-16/h4-5,9,16H,3,6-8H2,1-2H3,(H,13,18). The Morgan fingerprint density at radius 1 is 1.56 bits per heavy atom. The van der Waals surface area contributed by atoms with Crippen LogP contribution in [0.4, 0.5) is 0 Å². The summed E-state index contributed by atoms with van der Waals surface area (Å²) in [5.41, 5.74) is 0.00492. The van der Waals surface area contributed by atoms with E-state index in [1.54, 1.807) is 0 Å². The quantitative estimate of drug-likeness (QED) is 0.748. The summed E-state index contributed by atoms with van der Waals surface area (Å²) in [5.74, 6) is -0.337. The molecule has 0 saturated carbocycles. The fourth-order valence-corrected chi connectivity index (χ4v) is 1.36. The van der Waals surface area contributed by atoms with Crippen LogP contribution >= 0.6 is 0 Å². The maximum atomic E-state index is 11.8. The summed E-state index contributed by atoms with van der Waals surface area (Å²) in [7, 11) is 0. The third-order valence-corrected chi connectivity index (χ3v) is 2.46. The molecule has 1 aromatic rings. The lowest BCUT2D eigenvalue weighted by Gasteiger charge is -2.10. The van der Waals surface area contributed by atoms with Gasteiger partial charge in [0.25, 0.3) is 11.5 Å². The Balaban J connectivity index is 2.74. The van der Waals surface area contributed by atoms with Gasteiger partial charge >= 0.3 is 0 Å². The summed E-state index contributed by atoms with van der Waals surface area (Å²) in [6, 6.07) is 2.75. The van der Waals surface area contributed by atoms with E-state index in [4.69, 9.17) is 5.11 Å². The molecular formula is C12H19N3O3. The molecule has 1 heterocycles. The Morgan fingerprint density at radius 2 is 2.28 bits per heavy atom. The molecule has 6 heteroatoms. The van der Waals surface area contributed by atoms with E-state index >= 15 is 0 Å². The van der Waals surface area contributed by atoms with Gasteiger partial charge < -0.3 is 10.4 Å². The SMILES string of the molecule is CCCn1nc(C(=O)NCC(C)CO)ccc1=O. The summed E-state index contributed by atoms with van der Waals surface area (Å²) in [4.78, 5) is 23.2. The molecule has 0 aliphatic heterocycles. The number of carbonyl (C=O) groups is 1. The van der Waals surface area contributed by atoms with Crippen molar-refractivity contribution in [3.05, 3.63) is 28.2 Å². The molecule has 0 aliphatic carbocycles. The van der Waals surface area contributed by atoms with Crippen LogP contribution < -0.4 is 10.9 Å². The van der Waals surface area contributed by atoms with Crippen LogP contribution in [0.2, 0.25) is 0 Å². The molecule has 1 unspecified atom stereocenters. The first-order valence-electron chi connectivity index (χ1n) is 6.05. The van der Waals surface area contributed by atoms with E-state index in [0.717, 1.165) is 6.42 Å². The third-order valence-electron chi connectivity index (χ3n) is 2.46. The number of hydrogen-bond donors (Lipinski definition) is 2. The monoisotopic (exact) mass is 253 g/mol. The number of nitrogens with zero attached hydrogens (tertiary/aromatic N) is 2. The number of carbonyl (C=O) groups excluding carboxylic acids is 1. The molecule has 0 aromatic carbocycles. The van der Waals surface area contributed by atoms with Gasteiger partial charge in [-0.25, -0.2) is 4.68 Å². The molecule has 0 aliphatic rings. The average Bonchev–Trinajstić information content (AvgIpc) is 2.38. The second-order valence-electron chi connectivity index (χ2n) is 4.28. The van der Waals surface area contributed by atoms with Crippen LogP contribution in [0, 0.1) is 5.92 Å². The summed E-state index contributed by atoms with van der Waals surface area (Å²) in [5, 5.41) is 15.5. The van der Waals surface area contributed by atoms with E-state index in [1.807, 2.05) is 13.8 Å². The van der Waals surface area contributed by atoms with Gasteiger partial charge in [0.2, 0.25) is 0 Å². The van der Waals surface area contributed by atoms with Crippen molar-refractivity contribution in [3.63, 3.8) is 0 Å². The minimum absolute atomic E-state index is 0.00417. The van der Waals surface area contributed by atoms with Crippen LogP contribution in [0.3, 0.4) is 0 Å². The smallest absolute Gasteiger partial charge is 0.271 e. The minimum Gasteiger partial charge on any atom is -0.396 e. The molecular weight excluding hydrogens is 234 g/mol. The fraction of sp³-hybridized carbons (Fsp3) is 0.583. The molecule has 0 fully saturated rings. The molecule has 0 bridgehead atoms. The number of rotatable bonds is 6. The van der Waals surface area contributed by atoms with Crippen molar-refractivity contribution in [1.82, 2.24) is 15.1 Å². The third kappa shape index (κ3) is 3.96. The summed E-state index contributed by atoms with van der Waals surface area (Å²) >= 11 is 0. The molecule has 1 amide bonds. The van der Waals surface area contributed by atoms with Gasteiger partial charge in [0.15, 0.2) is 0 Å². The second-order valence-corrected chi connectivity index (χ2v) is 4.28. The van der Waals surface area contributed by atoms with Gasteiger partial charge in [-0.2, -0.15) is 5.10 Å². The Morgan fingerprint density at radius 3 is 2.89 bits per heavy atom. The molecule has 1 rings (SSSR count). The summed E-state index contributed by atoms with van der Waals surface area (Å²) < 4.78 is 1.28. The first-order valence-corrected chi connectivity index (χ1v) is 6.05. The molecule has 1 aromatic heterocycles. The van der Waals surface area contributed by atoms with Crippen molar-refractivity contribution in [3.8, 4) is 0 Å². The Kier molecular flexibility index (Phi) is 5.51. The Bertz CT molecular complexity index is 456. The van der Waals surface area contributed by atoms with Crippen molar-refractivity contribution in [1.29, 1.82) is 0 Å². The molecule has 18 heavy (non-hydrogen) atoms. The number of nitrogens with one attached hydrogen (secondary N) is 1. The number of hydrogen-bond acceptors (Lipinski definition) is 4. The van der Waals surface area contributed by atoms with Crippen molar-refractivity contribution in [2.45, 2.75) is 26.8 Å². The Hall–Kier alpha value is -1.69. The first-order chi connectivity index (χ1) is 8.58. The highest BCUT2D eigenvalue weighted by molar-refractivity contribution is 5.91. The predicted molar refractivity (Wildman–Crippen MR) is 67.4 cm³/mol. The molecule has 1 atom stereocenters. The normalized spacial score (nSPS) is 12.2. The molecule has 0 radical (unpaired) electrons. The lowest BCUT2D eigenvalue weighted by atomic mass is 10.2. The van der Waals surface area contributed by atoms with Crippen LogP contribution in [-0.4, -0.2) is 33.9 Å². The molecule has 6 nitrogen and oxygen atoms in total. The van der Waals surface area contributed by atoms with Gasteiger partial charge in [-0.15, -0.1) is 0 Å². The number of aryl methyl sites for hydroxylation is 1. The molecule has 0 spiro atoms. The van der Waals surface area contributed by atoms with Gasteiger partial charge in [-0.1, -0.05) is 13.8 Å². The van der Waals surface area contributed by atoms with Gasteiger partial charge in [-0.3, -0.25) is 9.59 Å². The van der Waals surface area contributed by atoms with E-state index in [-0.39, 0.29) is 29.7 Å². The zero-order valence-corrected chi connectivity index (χ0v) is 10.7. The van der Waals surface area contributed by atoms with Gasteiger partial charge in [0, 0.05) is 25.8 Å². The molecule has 0 saturated heterocycles. The maximum absolute atomic E-state index is 11.8. The average molecular weight is 253 g/mol.